The topological polar surface area (TPSA) is 134 Å². The van der Waals surface area contributed by atoms with Gasteiger partial charge >= 0.3 is 5.97 Å². The molecule has 2 aromatic rings. The summed E-state index contributed by atoms with van der Waals surface area (Å²) in [5.41, 5.74) is 0.603. The lowest BCUT2D eigenvalue weighted by Crippen LogP contribution is -2.75. The number of β-lactam (4-membered cyclic amide) rings is 1. The summed E-state index contributed by atoms with van der Waals surface area (Å²) in [6, 6.07) is 7.77. The number of para-hydroxylation sites is 1. The van der Waals surface area contributed by atoms with E-state index in [0.29, 0.717) is 21.4 Å². The zero-order valence-electron chi connectivity index (χ0n) is 17.7. The first kappa shape index (κ1) is 23.5. The van der Waals surface area contributed by atoms with E-state index in [0.717, 1.165) is 5.01 Å². The van der Waals surface area contributed by atoms with Crippen molar-refractivity contribution >= 4 is 52.1 Å². The van der Waals surface area contributed by atoms with Crippen molar-refractivity contribution in [1.29, 1.82) is 0 Å². The van der Waals surface area contributed by atoms with Crippen LogP contribution in [0.3, 0.4) is 0 Å². The Morgan fingerprint density at radius 2 is 2.09 bits per heavy atom. The third-order valence-corrected chi connectivity index (χ3v) is 8.60. The Morgan fingerprint density at radius 3 is 2.76 bits per heavy atom. The summed E-state index contributed by atoms with van der Waals surface area (Å²) >= 11 is 1.23. The minimum absolute atomic E-state index is 0.0758. The smallest absolute Gasteiger partial charge is 0.355 e. The number of thioether (sulfide) groups is 1. The second kappa shape index (κ2) is 10.1. The maximum absolute atomic E-state index is 13.0. The number of amides is 2. The van der Waals surface area contributed by atoms with E-state index in [1.807, 2.05) is 13.0 Å². The molecular weight excluding hydrogens is 488 g/mol. The number of hydrogen-bond donors (Lipinski definition) is 1. The van der Waals surface area contributed by atoms with Gasteiger partial charge in [-0.3, -0.25) is 14.5 Å². The Hall–Kier alpha value is -2.61. The van der Waals surface area contributed by atoms with E-state index in [9.17, 15) is 18.9 Å². The highest BCUT2D eigenvalue weighted by Crippen LogP contribution is 2.39. The molecule has 33 heavy (non-hydrogen) atoms. The molecule has 10 nitrogen and oxygen atoms in total. The van der Waals surface area contributed by atoms with Gasteiger partial charge in [-0.2, -0.15) is 0 Å². The highest BCUT2D eigenvalue weighted by Gasteiger charge is 2.61. The van der Waals surface area contributed by atoms with Gasteiger partial charge in [-0.25, -0.2) is 4.79 Å². The lowest BCUT2D eigenvalue weighted by atomic mass is 10.0. The number of benzene rings is 1. The third-order valence-electron chi connectivity index (χ3n) is 4.89. The SMILES string of the molecule is COC(=O)C1=C(CSc2nnc(C)s2)C[S+]([O-])[C@H]2C(NC(=O)COc3ccccc3)C(=O)N12. The van der Waals surface area contributed by atoms with Gasteiger partial charge in [-0.05, 0) is 30.2 Å². The fraction of sp³-hybridized carbons (Fsp3) is 0.350. The minimum Gasteiger partial charge on any atom is -0.614 e. The molecule has 3 heterocycles. The number of aryl methyl sites for hydroxylation is 1. The van der Waals surface area contributed by atoms with Crippen LogP contribution in [0.4, 0.5) is 0 Å². The molecule has 1 aromatic carbocycles. The lowest BCUT2D eigenvalue weighted by Gasteiger charge is -2.49. The quantitative estimate of drug-likeness (QED) is 0.238. The summed E-state index contributed by atoms with van der Waals surface area (Å²) < 4.78 is 24.0. The molecule has 174 valence electrons. The van der Waals surface area contributed by atoms with Crippen molar-refractivity contribution in [2.24, 2.45) is 0 Å². The van der Waals surface area contributed by atoms with Crippen LogP contribution in [0.15, 0.2) is 45.9 Å². The van der Waals surface area contributed by atoms with Crippen LogP contribution >= 0.6 is 23.1 Å². The highest BCUT2D eigenvalue weighted by molar-refractivity contribution is 8.01. The predicted molar refractivity (Wildman–Crippen MR) is 122 cm³/mol. The molecule has 0 bridgehead atoms. The van der Waals surface area contributed by atoms with Crippen molar-refractivity contribution in [3.8, 4) is 5.75 Å². The van der Waals surface area contributed by atoms with Crippen molar-refractivity contribution < 1.29 is 28.4 Å². The molecule has 2 unspecified atom stereocenters. The number of nitrogens with one attached hydrogen (secondary N) is 1. The van der Waals surface area contributed by atoms with Gasteiger partial charge < -0.3 is 19.3 Å². The van der Waals surface area contributed by atoms with Crippen LogP contribution in [0, 0.1) is 6.92 Å². The second-order valence-electron chi connectivity index (χ2n) is 7.09. The number of carbonyl (C=O) groups excluding carboxylic acids is 3. The number of nitrogens with zero attached hydrogens (tertiary/aromatic N) is 3. The van der Waals surface area contributed by atoms with E-state index < -0.39 is 40.4 Å². The van der Waals surface area contributed by atoms with Gasteiger partial charge in [-0.15, -0.1) is 10.2 Å². The average molecular weight is 509 g/mol. The first-order valence-corrected chi connectivity index (χ1v) is 13.0. The standard InChI is InChI=1S/C20H20N4O6S3/c1-11-22-23-20(32-11)31-9-12-10-33(28)18-15(17(26)24(18)16(12)19(27)29-2)21-14(25)8-30-13-6-4-3-5-7-13/h3-7,15,18H,8-10H2,1-2H3,(H,21,25)/t15?,18-,33?/m0/s1. The van der Waals surface area contributed by atoms with E-state index in [-0.39, 0.29) is 18.1 Å². The molecular formula is C20H20N4O6S3. The van der Waals surface area contributed by atoms with Gasteiger partial charge in [0.25, 0.3) is 11.8 Å². The van der Waals surface area contributed by atoms with Crippen molar-refractivity contribution in [3.63, 3.8) is 0 Å². The second-order valence-corrected chi connectivity index (χ2v) is 11.0. The number of carbonyl (C=O) groups is 3. The molecule has 0 aliphatic carbocycles. The van der Waals surface area contributed by atoms with Gasteiger partial charge in [0, 0.05) is 11.3 Å². The van der Waals surface area contributed by atoms with E-state index >= 15 is 0 Å². The molecule has 1 fully saturated rings. The summed E-state index contributed by atoms with van der Waals surface area (Å²) in [4.78, 5) is 38.9. The first-order chi connectivity index (χ1) is 15.9. The van der Waals surface area contributed by atoms with Crippen LogP contribution in [0.5, 0.6) is 5.75 Å². The number of hydrogen-bond acceptors (Lipinski definition) is 10. The molecule has 4 rings (SSSR count). The maximum atomic E-state index is 13.0. The lowest BCUT2D eigenvalue weighted by molar-refractivity contribution is -0.152. The van der Waals surface area contributed by atoms with Gasteiger partial charge in [0.2, 0.25) is 5.37 Å². The highest BCUT2D eigenvalue weighted by atomic mass is 32.2. The molecule has 2 amide bonds. The van der Waals surface area contributed by atoms with Crippen LogP contribution in [-0.4, -0.2) is 74.1 Å². The van der Waals surface area contributed by atoms with Crippen LogP contribution in [0.25, 0.3) is 0 Å². The first-order valence-electron chi connectivity index (χ1n) is 9.79. The average Bonchev–Trinajstić information content (AvgIpc) is 3.24. The molecule has 0 spiro atoms. The van der Waals surface area contributed by atoms with Crippen molar-refractivity contribution in [3.05, 3.63) is 46.6 Å². The molecule has 1 saturated heterocycles. The maximum Gasteiger partial charge on any atom is 0.355 e. The van der Waals surface area contributed by atoms with E-state index in [4.69, 9.17) is 9.47 Å². The Balaban J connectivity index is 1.45. The number of ether oxygens (including phenoxy) is 2. The normalized spacial score (nSPS) is 21.8. The largest absolute Gasteiger partial charge is 0.614 e. The monoisotopic (exact) mass is 508 g/mol. The molecule has 1 N–H and O–H groups in total. The Bertz CT molecular complexity index is 1090. The number of methoxy groups -OCH3 is 1. The molecule has 13 heteroatoms. The van der Waals surface area contributed by atoms with Gasteiger partial charge in [-0.1, -0.05) is 41.3 Å². The van der Waals surface area contributed by atoms with Crippen LogP contribution in [-0.2, 0) is 30.3 Å². The number of aromatic nitrogens is 2. The predicted octanol–water partition coefficient (Wildman–Crippen LogP) is 0.860. The van der Waals surface area contributed by atoms with Crippen molar-refractivity contribution in [2.45, 2.75) is 22.7 Å². The van der Waals surface area contributed by atoms with E-state index in [1.54, 1.807) is 24.3 Å². The van der Waals surface area contributed by atoms with Gasteiger partial charge in [0.15, 0.2) is 17.0 Å². The molecule has 2 aliphatic heterocycles. The number of rotatable bonds is 8. The zero-order chi connectivity index (χ0) is 23.5. The molecule has 1 aromatic heterocycles. The summed E-state index contributed by atoms with van der Waals surface area (Å²) in [5, 5.41) is 10.5. The Labute approximate surface area is 200 Å². The zero-order valence-corrected chi connectivity index (χ0v) is 20.1. The van der Waals surface area contributed by atoms with E-state index in [1.165, 1.54) is 35.1 Å². The van der Waals surface area contributed by atoms with Crippen molar-refractivity contribution in [1.82, 2.24) is 20.4 Å². The molecule has 2 aliphatic rings. The number of fused-ring (bicyclic) bond motifs is 1. The fourth-order valence-corrected chi connectivity index (χ4v) is 7.06. The molecule has 0 saturated carbocycles. The van der Waals surface area contributed by atoms with Crippen LogP contribution in [0.2, 0.25) is 0 Å². The molecule has 3 atom stereocenters. The van der Waals surface area contributed by atoms with Gasteiger partial charge in [0.1, 0.15) is 22.2 Å². The van der Waals surface area contributed by atoms with Crippen molar-refractivity contribution in [2.75, 3.05) is 25.2 Å². The Kier molecular flexibility index (Phi) is 7.22. The fourth-order valence-electron chi connectivity index (χ4n) is 3.42. The van der Waals surface area contributed by atoms with E-state index in [2.05, 4.69) is 15.5 Å². The van der Waals surface area contributed by atoms with Crippen LogP contribution < -0.4 is 10.1 Å². The van der Waals surface area contributed by atoms with Gasteiger partial charge in [0.05, 0.1) is 7.11 Å². The van der Waals surface area contributed by atoms with Crippen LogP contribution in [0.1, 0.15) is 5.01 Å². The Morgan fingerprint density at radius 1 is 1.33 bits per heavy atom. The summed E-state index contributed by atoms with van der Waals surface area (Å²) in [5.74, 6) is -0.827. The number of esters is 1. The molecule has 0 radical (unpaired) electrons. The minimum atomic E-state index is -1.52. The summed E-state index contributed by atoms with van der Waals surface area (Å²) in [6.07, 6.45) is 0. The third kappa shape index (κ3) is 5.00. The summed E-state index contributed by atoms with van der Waals surface area (Å²) in [7, 11) is 1.22. The summed E-state index contributed by atoms with van der Waals surface area (Å²) in [6.45, 7) is 1.54.